The number of imidazole rings is 1. The minimum Gasteiger partial charge on any atom is -0.303 e. The fraction of sp³-hybridized carbons (Fsp3) is 0.480. The molecule has 0 saturated heterocycles. The fourth-order valence-corrected chi connectivity index (χ4v) is 5.73. The second-order valence-corrected chi connectivity index (χ2v) is 10.4. The van der Waals surface area contributed by atoms with Crippen molar-refractivity contribution in [1.29, 1.82) is 0 Å². The van der Waals surface area contributed by atoms with Crippen LogP contribution < -0.4 is 0 Å². The highest BCUT2D eigenvalue weighted by atomic mass is 35.5. The van der Waals surface area contributed by atoms with Gasteiger partial charge < -0.3 is 4.90 Å². The van der Waals surface area contributed by atoms with Gasteiger partial charge in [-0.05, 0) is 82.1 Å². The maximum absolute atomic E-state index is 13.6. The molecule has 0 spiro atoms. The minimum atomic E-state index is -3.76. The van der Waals surface area contributed by atoms with Gasteiger partial charge in [-0.1, -0.05) is 37.6 Å². The van der Waals surface area contributed by atoms with Crippen LogP contribution in [0, 0.1) is 6.92 Å². The van der Waals surface area contributed by atoms with Gasteiger partial charge in [-0.15, -0.1) is 11.6 Å². The van der Waals surface area contributed by atoms with Crippen LogP contribution >= 0.6 is 11.6 Å². The molecule has 7 heteroatoms. The van der Waals surface area contributed by atoms with Gasteiger partial charge in [0.05, 0.1) is 15.9 Å². The molecule has 5 nitrogen and oxygen atoms in total. The van der Waals surface area contributed by atoms with E-state index in [1.54, 1.807) is 12.1 Å². The molecular weight excluding hydrogens is 442 g/mol. The summed E-state index contributed by atoms with van der Waals surface area (Å²) in [5.74, 6) is 0.913. The van der Waals surface area contributed by atoms with Crippen molar-refractivity contribution < 1.29 is 8.42 Å². The van der Waals surface area contributed by atoms with Crippen molar-refractivity contribution >= 4 is 32.7 Å². The van der Waals surface area contributed by atoms with Crippen LogP contribution in [0.4, 0.5) is 0 Å². The van der Waals surface area contributed by atoms with Crippen LogP contribution in [-0.4, -0.2) is 41.9 Å². The molecule has 0 unspecified atom stereocenters. The van der Waals surface area contributed by atoms with Crippen LogP contribution in [0.5, 0.6) is 0 Å². The summed E-state index contributed by atoms with van der Waals surface area (Å²) in [4.78, 5) is 7.47. The molecule has 0 amide bonds. The highest BCUT2D eigenvalue weighted by molar-refractivity contribution is 7.90. The second-order valence-electron chi connectivity index (χ2n) is 8.37. The number of halogens is 1. The number of nitrogens with zero attached hydrogens (tertiary/aromatic N) is 3. The minimum absolute atomic E-state index is 0.275. The standard InChI is InChI=1S/C25H34ClN3O2S/c1-4-15-28(16-5-2)17-7-6-8-25-27-23-14-11-21(19-26)18-24(23)29(25)32(30,31)22-12-9-20(3)10-13-22/h9-14,18H,4-8,15-17,19H2,1-3H3. The molecule has 0 aliphatic heterocycles. The average molecular weight is 476 g/mol. The highest BCUT2D eigenvalue weighted by Gasteiger charge is 2.24. The van der Waals surface area contributed by atoms with Gasteiger partial charge in [0.15, 0.2) is 0 Å². The number of unbranched alkanes of at least 4 members (excludes halogenated alkanes) is 1. The fourth-order valence-electron chi connectivity index (χ4n) is 4.06. The van der Waals surface area contributed by atoms with Gasteiger partial charge in [0.25, 0.3) is 10.0 Å². The van der Waals surface area contributed by atoms with Crippen molar-refractivity contribution in [2.75, 3.05) is 19.6 Å². The van der Waals surface area contributed by atoms with E-state index in [1.807, 2.05) is 37.3 Å². The number of alkyl halides is 1. The number of fused-ring (bicyclic) bond motifs is 1. The number of benzene rings is 2. The predicted molar refractivity (Wildman–Crippen MR) is 133 cm³/mol. The summed E-state index contributed by atoms with van der Waals surface area (Å²) in [6.45, 7) is 9.60. The molecule has 174 valence electrons. The van der Waals surface area contributed by atoms with E-state index in [0.29, 0.717) is 29.2 Å². The third kappa shape index (κ3) is 5.72. The van der Waals surface area contributed by atoms with Crippen LogP contribution in [0.15, 0.2) is 47.4 Å². The largest absolute Gasteiger partial charge is 0.303 e. The van der Waals surface area contributed by atoms with Gasteiger partial charge in [0.1, 0.15) is 5.82 Å². The maximum atomic E-state index is 13.6. The summed E-state index contributed by atoms with van der Waals surface area (Å²) >= 11 is 6.03. The van der Waals surface area contributed by atoms with E-state index < -0.39 is 10.0 Å². The van der Waals surface area contributed by atoms with E-state index in [0.717, 1.165) is 56.4 Å². The van der Waals surface area contributed by atoms with Gasteiger partial charge in [0, 0.05) is 12.3 Å². The molecule has 1 aromatic heterocycles. The number of hydrogen-bond acceptors (Lipinski definition) is 4. The van der Waals surface area contributed by atoms with E-state index in [1.165, 1.54) is 3.97 Å². The van der Waals surface area contributed by atoms with Crippen molar-refractivity contribution in [3.63, 3.8) is 0 Å². The Labute approximate surface area is 197 Å². The Hall–Kier alpha value is -1.89. The molecule has 2 aromatic carbocycles. The molecule has 0 aliphatic carbocycles. The first-order valence-corrected chi connectivity index (χ1v) is 13.5. The van der Waals surface area contributed by atoms with E-state index in [9.17, 15) is 8.42 Å². The van der Waals surface area contributed by atoms with E-state index in [-0.39, 0.29) is 4.90 Å². The molecule has 32 heavy (non-hydrogen) atoms. The molecule has 1 heterocycles. The molecular formula is C25H34ClN3O2S. The maximum Gasteiger partial charge on any atom is 0.269 e. The topological polar surface area (TPSA) is 55.2 Å². The number of rotatable bonds is 12. The molecule has 0 radical (unpaired) electrons. The third-order valence-electron chi connectivity index (χ3n) is 5.66. The van der Waals surface area contributed by atoms with Gasteiger partial charge in [-0.3, -0.25) is 0 Å². The zero-order valence-electron chi connectivity index (χ0n) is 19.3. The Morgan fingerprint density at radius 1 is 0.969 bits per heavy atom. The summed E-state index contributed by atoms with van der Waals surface area (Å²) in [5, 5.41) is 0. The van der Waals surface area contributed by atoms with Crippen LogP contribution in [-0.2, 0) is 22.3 Å². The highest BCUT2D eigenvalue weighted by Crippen LogP contribution is 2.26. The molecule has 3 rings (SSSR count). The number of aryl methyl sites for hydroxylation is 2. The van der Waals surface area contributed by atoms with E-state index >= 15 is 0 Å². The zero-order valence-corrected chi connectivity index (χ0v) is 20.9. The first-order chi connectivity index (χ1) is 15.4. The van der Waals surface area contributed by atoms with Gasteiger partial charge in [-0.25, -0.2) is 17.4 Å². The normalized spacial score (nSPS) is 12.2. The summed E-state index contributed by atoms with van der Waals surface area (Å²) < 4.78 is 28.7. The predicted octanol–water partition coefficient (Wildman–Crippen LogP) is 5.77. The molecule has 0 atom stereocenters. The summed E-state index contributed by atoms with van der Waals surface area (Å²) in [6, 6.07) is 12.6. The zero-order chi connectivity index (χ0) is 23.1. The lowest BCUT2D eigenvalue weighted by molar-refractivity contribution is 0.269. The lowest BCUT2D eigenvalue weighted by Gasteiger charge is -2.20. The van der Waals surface area contributed by atoms with Crippen molar-refractivity contribution in [3.8, 4) is 0 Å². The number of hydrogen-bond donors (Lipinski definition) is 0. The van der Waals surface area contributed by atoms with E-state index in [2.05, 4.69) is 18.7 Å². The Morgan fingerprint density at radius 3 is 2.28 bits per heavy atom. The van der Waals surface area contributed by atoms with Gasteiger partial charge in [-0.2, -0.15) is 0 Å². The van der Waals surface area contributed by atoms with Crippen LogP contribution in [0.1, 0.15) is 56.5 Å². The average Bonchev–Trinajstić information content (AvgIpc) is 3.15. The monoisotopic (exact) mass is 475 g/mol. The van der Waals surface area contributed by atoms with Gasteiger partial charge in [0.2, 0.25) is 0 Å². The first kappa shape index (κ1) is 24.7. The van der Waals surface area contributed by atoms with Crippen molar-refractivity contribution in [2.45, 2.75) is 63.7 Å². The third-order valence-corrected chi connectivity index (χ3v) is 7.73. The van der Waals surface area contributed by atoms with Crippen LogP contribution in [0.3, 0.4) is 0 Å². The SMILES string of the molecule is CCCN(CCC)CCCCc1nc2ccc(CCl)cc2n1S(=O)(=O)c1ccc(C)cc1. The molecule has 0 fully saturated rings. The van der Waals surface area contributed by atoms with Crippen LogP contribution in [0.25, 0.3) is 11.0 Å². The van der Waals surface area contributed by atoms with Gasteiger partial charge >= 0.3 is 0 Å². The Morgan fingerprint density at radius 2 is 1.66 bits per heavy atom. The first-order valence-electron chi connectivity index (χ1n) is 11.5. The van der Waals surface area contributed by atoms with Crippen molar-refractivity contribution in [2.24, 2.45) is 0 Å². The Bertz CT molecular complexity index is 1120. The lowest BCUT2D eigenvalue weighted by Crippen LogP contribution is -2.26. The summed E-state index contributed by atoms with van der Waals surface area (Å²) in [7, 11) is -3.76. The summed E-state index contributed by atoms with van der Waals surface area (Å²) in [6.07, 6.45) is 4.81. The van der Waals surface area contributed by atoms with E-state index in [4.69, 9.17) is 16.6 Å². The lowest BCUT2D eigenvalue weighted by atomic mass is 10.2. The molecule has 0 bridgehead atoms. The molecule has 0 N–H and O–H groups in total. The number of aromatic nitrogens is 2. The molecule has 0 saturated carbocycles. The molecule has 0 aliphatic rings. The quantitative estimate of drug-likeness (QED) is 0.246. The van der Waals surface area contributed by atoms with Crippen molar-refractivity contribution in [1.82, 2.24) is 13.9 Å². The second kappa shape index (κ2) is 11.3. The smallest absolute Gasteiger partial charge is 0.269 e. The molecule has 3 aromatic rings. The van der Waals surface area contributed by atoms with Crippen molar-refractivity contribution in [3.05, 3.63) is 59.4 Å². The summed E-state index contributed by atoms with van der Waals surface area (Å²) in [5.41, 5.74) is 3.18. The Balaban J connectivity index is 1.91. The van der Waals surface area contributed by atoms with Crippen LogP contribution in [0.2, 0.25) is 0 Å². The Kier molecular flexibility index (Phi) is 8.74.